The fourth-order valence-corrected chi connectivity index (χ4v) is 8.29. The lowest BCUT2D eigenvalue weighted by molar-refractivity contribution is -0.141. The van der Waals surface area contributed by atoms with Crippen LogP contribution in [0.5, 0.6) is 0 Å². The molecule has 0 unspecified atom stereocenters. The molecule has 2 aliphatic rings. The summed E-state index contributed by atoms with van der Waals surface area (Å²) in [6.45, 7) is -1.31. The SMILES string of the molecule is NCCCC[C@H](NC(=O)CNC(=O)[C@H](CCC(N)=O)NC(=O)[C@@H]1CCCN1C(=O)CNC(=O)CNC(=O)[C@@H]1CCCN1C(=O)[C@H](Cc1cnc[nH]1)NC(=O)CNC(=O)[C@@H](N)CCCCN)C(=O)N[C@@H](CS)C(=O)O. The fraction of sp³-hybridized carbons (Fsp3) is 0.659. The number of rotatable bonds is 33. The van der Waals surface area contributed by atoms with E-state index in [1.165, 1.54) is 22.3 Å². The van der Waals surface area contributed by atoms with Gasteiger partial charge in [-0.1, -0.05) is 6.42 Å². The monoisotopic (exact) mass is 1060 g/mol. The fourth-order valence-electron chi connectivity index (χ4n) is 8.04. The van der Waals surface area contributed by atoms with Crippen LogP contribution in [-0.2, 0) is 64.0 Å². The summed E-state index contributed by atoms with van der Waals surface area (Å²) in [6.07, 6.45) is 6.08. The number of nitrogens with zero attached hydrogens (tertiary/aromatic N) is 3. The lowest BCUT2D eigenvalue weighted by Gasteiger charge is -2.28. The minimum atomic E-state index is -1.41. The summed E-state index contributed by atoms with van der Waals surface area (Å²) >= 11 is 3.93. The summed E-state index contributed by atoms with van der Waals surface area (Å²) in [5, 5.41) is 28.9. The Morgan fingerprint density at radius 3 is 1.84 bits per heavy atom. The second-order valence-corrected chi connectivity index (χ2v) is 18.1. The topological polar surface area (TPSA) is 461 Å². The molecule has 0 bridgehead atoms. The molecule has 2 fully saturated rings. The van der Waals surface area contributed by atoms with Gasteiger partial charge in [-0.25, -0.2) is 9.78 Å². The van der Waals surface area contributed by atoms with Crippen molar-refractivity contribution >= 4 is 83.6 Å². The van der Waals surface area contributed by atoms with Crippen LogP contribution >= 0.6 is 12.6 Å². The molecule has 18 N–H and O–H groups in total. The molecule has 2 aliphatic heterocycles. The Balaban J connectivity index is 1.54. The number of nitrogens with two attached hydrogens (primary N) is 4. The molecule has 1 aromatic rings. The highest BCUT2D eigenvalue weighted by molar-refractivity contribution is 7.80. The van der Waals surface area contributed by atoms with Crippen molar-refractivity contribution in [3.05, 3.63) is 18.2 Å². The van der Waals surface area contributed by atoms with Gasteiger partial charge in [0.15, 0.2) is 0 Å². The van der Waals surface area contributed by atoms with E-state index in [9.17, 15) is 62.6 Å². The number of aromatic nitrogens is 2. The van der Waals surface area contributed by atoms with Crippen molar-refractivity contribution in [2.24, 2.45) is 22.9 Å². The largest absolute Gasteiger partial charge is 0.480 e. The van der Waals surface area contributed by atoms with E-state index >= 15 is 0 Å². The van der Waals surface area contributed by atoms with Crippen molar-refractivity contribution in [1.29, 1.82) is 0 Å². The van der Waals surface area contributed by atoms with Crippen molar-refractivity contribution in [2.75, 3.05) is 58.1 Å². The van der Waals surface area contributed by atoms with Crippen LogP contribution in [0.1, 0.15) is 82.7 Å². The molecule has 2 saturated heterocycles. The highest BCUT2D eigenvalue weighted by Crippen LogP contribution is 2.20. The average molecular weight is 1070 g/mol. The molecule has 1 aromatic heterocycles. The molecule has 0 aliphatic carbocycles. The first-order valence-electron chi connectivity index (χ1n) is 24.4. The zero-order valence-corrected chi connectivity index (χ0v) is 42.1. The van der Waals surface area contributed by atoms with Crippen LogP contribution in [0, 0.1) is 0 Å². The third-order valence-corrected chi connectivity index (χ3v) is 12.4. The zero-order valence-electron chi connectivity index (χ0n) is 41.2. The highest BCUT2D eigenvalue weighted by atomic mass is 32.1. The number of aliphatic carboxylic acids is 1. The molecule has 3 heterocycles. The van der Waals surface area contributed by atoms with Gasteiger partial charge in [0, 0.05) is 43.6 Å². The van der Waals surface area contributed by atoms with Gasteiger partial charge in [0.25, 0.3) is 0 Å². The predicted octanol–water partition coefficient (Wildman–Crippen LogP) is -6.80. The van der Waals surface area contributed by atoms with Crippen molar-refractivity contribution in [2.45, 2.75) is 126 Å². The number of aromatic amines is 1. The molecular formula is C44H72N16O13S. The van der Waals surface area contributed by atoms with Gasteiger partial charge in [-0.3, -0.25) is 52.7 Å². The summed E-state index contributed by atoms with van der Waals surface area (Å²) in [5.41, 5.74) is 22.8. The van der Waals surface area contributed by atoms with Crippen LogP contribution in [-0.4, -0.2) is 196 Å². The Kier molecular flexibility index (Phi) is 26.8. The number of carboxylic acids is 1. The number of imidazole rings is 1. The molecule has 0 aromatic carbocycles. The summed E-state index contributed by atoms with van der Waals surface area (Å²) in [4.78, 5) is 164. The van der Waals surface area contributed by atoms with E-state index in [4.69, 9.17) is 22.9 Å². The second kappa shape index (κ2) is 32.3. The number of unbranched alkanes of at least 4 members (excludes halogenated alkanes) is 2. The van der Waals surface area contributed by atoms with Gasteiger partial charge in [0.1, 0.15) is 36.3 Å². The van der Waals surface area contributed by atoms with Crippen LogP contribution in [0.4, 0.5) is 0 Å². The highest BCUT2D eigenvalue weighted by Gasteiger charge is 2.39. The number of carbonyl (C=O) groups excluding carboxylic acids is 11. The van der Waals surface area contributed by atoms with E-state index in [-0.39, 0.29) is 57.4 Å². The Morgan fingerprint density at radius 2 is 1.24 bits per heavy atom. The lowest BCUT2D eigenvalue weighted by Crippen LogP contribution is -2.56. The van der Waals surface area contributed by atoms with Gasteiger partial charge < -0.3 is 85.4 Å². The summed E-state index contributed by atoms with van der Waals surface area (Å²) in [6, 6.07) is -8.08. The van der Waals surface area contributed by atoms with Gasteiger partial charge in [0.2, 0.25) is 65.0 Å². The quantitative estimate of drug-likeness (QED) is 0.0230. The third-order valence-electron chi connectivity index (χ3n) is 12.0. The molecule has 3 rings (SSSR count). The van der Waals surface area contributed by atoms with E-state index in [1.54, 1.807) is 0 Å². The number of H-pyrrole nitrogens is 1. The molecule has 0 radical (unpaired) electrons. The number of amides is 11. The number of likely N-dealkylation sites (tertiary alicyclic amines) is 2. The first-order valence-corrected chi connectivity index (χ1v) is 25.1. The average Bonchev–Trinajstić information content (AvgIpc) is 4.19. The number of primary amides is 1. The molecule has 0 spiro atoms. The van der Waals surface area contributed by atoms with Crippen LogP contribution in [0.25, 0.3) is 0 Å². The Labute approximate surface area is 432 Å². The summed E-state index contributed by atoms with van der Waals surface area (Å²) in [7, 11) is 0. The van der Waals surface area contributed by atoms with Crippen molar-refractivity contribution in [1.82, 2.24) is 62.3 Å². The standard InChI is InChI=1S/C44H72N16O13S/c45-13-3-1-7-26(47)38(66)51-20-36(64)56-29(17-25-18-49-24-54-25)43(71)60-16-6-9-31(60)41(69)53-19-34(62)50-22-37(65)59-15-5-10-32(59)42(70)57-28(11-12-33(48)61)39(67)52-21-35(63)55-27(8-2-4-14-46)40(68)58-30(23-74)44(72)73/h18,24,26-32,74H,1-17,19-23,45-47H2,(H2,48,61)(H,49,54)(H,50,62)(H,51,66)(H,52,67)(H,53,69)(H,55,63)(H,56,64)(H,57,70)(H,58,68)(H,72,73)/t26-,27-,28-,29-,30-,31-,32-/m0/s1. The van der Waals surface area contributed by atoms with Crippen molar-refractivity contribution in [3.8, 4) is 0 Å². The van der Waals surface area contributed by atoms with Crippen LogP contribution < -0.4 is 65.5 Å². The lowest BCUT2D eigenvalue weighted by atomic mass is 10.1. The van der Waals surface area contributed by atoms with Gasteiger partial charge in [0.05, 0.1) is 38.5 Å². The maximum atomic E-state index is 13.9. The van der Waals surface area contributed by atoms with Gasteiger partial charge in [-0.2, -0.15) is 12.6 Å². The smallest absolute Gasteiger partial charge is 0.327 e. The van der Waals surface area contributed by atoms with Gasteiger partial charge in [-0.05, 0) is 77.3 Å². The van der Waals surface area contributed by atoms with Crippen LogP contribution in [0.2, 0.25) is 0 Å². The Bertz CT molecular complexity index is 2120. The number of thiol groups is 1. The normalized spacial score (nSPS) is 17.1. The van der Waals surface area contributed by atoms with E-state index in [2.05, 4.69) is 65.1 Å². The van der Waals surface area contributed by atoms with E-state index in [0.29, 0.717) is 63.7 Å². The molecule has 29 nitrogen and oxygen atoms in total. The first kappa shape index (κ1) is 61.4. The van der Waals surface area contributed by atoms with E-state index in [1.807, 2.05) is 0 Å². The minimum Gasteiger partial charge on any atom is -0.480 e. The molecule has 0 saturated carbocycles. The number of carbonyl (C=O) groups is 12. The molecule has 7 atom stereocenters. The third kappa shape index (κ3) is 20.9. The zero-order chi connectivity index (χ0) is 54.7. The van der Waals surface area contributed by atoms with Crippen molar-refractivity contribution in [3.63, 3.8) is 0 Å². The van der Waals surface area contributed by atoms with E-state index in [0.717, 1.165) is 0 Å². The molecule has 30 heteroatoms. The summed E-state index contributed by atoms with van der Waals surface area (Å²) in [5.74, 6) is -9.60. The maximum Gasteiger partial charge on any atom is 0.327 e. The Morgan fingerprint density at radius 1 is 0.662 bits per heavy atom. The Hall–Kier alpha value is -6.92. The maximum absolute atomic E-state index is 13.9. The minimum absolute atomic E-state index is 0.0253. The molecule has 11 amide bonds. The number of hydrogen-bond donors (Lipinski definition) is 15. The van der Waals surface area contributed by atoms with Gasteiger partial charge >= 0.3 is 5.97 Å². The second-order valence-electron chi connectivity index (χ2n) is 17.7. The number of hydrogen-bond acceptors (Lipinski definition) is 17. The van der Waals surface area contributed by atoms with E-state index < -0.39 is 139 Å². The molecule has 412 valence electrons. The molecule has 74 heavy (non-hydrogen) atoms. The number of carboxylic acid groups (broad SMARTS) is 1. The molecular weight excluding hydrogens is 993 g/mol. The van der Waals surface area contributed by atoms with Crippen LogP contribution in [0.3, 0.4) is 0 Å². The van der Waals surface area contributed by atoms with Crippen molar-refractivity contribution < 1.29 is 62.6 Å². The summed E-state index contributed by atoms with van der Waals surface area (Å²) < 4.78 is 0. The van der Waals surface area contributed by atoms with Gasteiger partial charge in [-0.15, -0.1) is 0 Å². The first-order chi connectivity index (χ1) is 35.3. The predicted molar refractivity (Wildman–Crippen MR) is 265 cm³/mol. The number of nitrogens with one attached hydrogen (secondary N) is 9. The van der Waals surface area contributed by atoms with Crippen LogP contribution in [0.15, 0.2) is 12.5 Å².